The zero-order valence-electron chi connectivity index (χ0n) is 19.1. The monoisotopic (exact) mass is 473 g/mol. The number of aliphatic carboxylic acids is 1. The first-order valence-corrected chi connectivity index (χ1v) is 11.2. The first-order chi connectivity index (χ1) is 14.7. The number of hydrogen-bond donors (Lipinski definition) is 3. The van der Waals surface area contributed by atoms with Gasteiger partial charge in [0, 0.05) is 11.2 Å². The van der Waals surface area contributed by atoms with E-state index in [0.717, 1.165) is 0 Å². The molecule has 32 heavy (non-hydrogen) atoms. The van der Waals surface area contributed by atoms with Crippen molar-refractivity contribution in [3.05, 3.63) is 0 Å². The second kappa shape index (κ2) is 9.55. The lowest BCUT2D eigenvalue weighted by Crippen LogP contribution is -2.70. The number of thioether (sulfide) groups is 1. The number of carbonyl (C=O) groups is 5. The number of hydrogen-bond acceptors (Lipinski definition) is 8. The highest BCUT2D eigenvalue weighted by Crippen LogP contribution is 2.51. The molecule has 11 nitrogen and oxygen atoms in total. The van der Waals surface area contributed by atoms with Crippen LogP contribution in [-0.2, 0) is 28.7 Å². The van der Waals surface area contributed by atoms with Crippen LogP contribution in [0.4, 0.5) is 4.79 Å². The number of rotatable bonds is 8. The molecule has 2 fully saturated rings. The zero-order valence-corrected chi connectivity index (χ0v) is 19.9. The summed E-state index contributed by atoms with van der Waals surface area (Å²) in [4.78, 5) is 61.6. The van der Waals surface area contributed by atoms with Gasteiger partial charge in [0.05, 0.1) is 7.11 Å². The molecule has 2 heterocycles. The zero-order chi connectivity index (χ0) is 24.4. The molecule has 2 aliphatic rings. The van der Waals surface area contributed by atoms with Gasteiger partial charge in [-0.05, 0) is 47.5 Å². The summed E-state index contributed by atoms with van der Waals surface area (Å²) in [6.45, 7) is 8.66. The molecule has 2 unspecified atom stereocenters. The molecule has 2 aliphatic heterocycles. The molecule has 3 N–H and O–H groups in total. The molecule has 0 saturated carbocycles. The molecular weight excluding hydrogens is 442 g/mol. The minimum absolute atomic E-state index is 0.0162. The summed E-state index contributed by atoms with van der Waals surface area (Å²) >= 11 is 1.42. The van der Waals surface area contributed by atoms with E-state index in [-0.39, 0.29) is 30.5 Å². The minimum Gasteiger partial charge on any atom is -0.480 e. The average Bonchev–Trinajstić information content (AvgIpc) is 2.91. The Morgan fingerprint density at radius 1 is 1.25 bits per heavy atom. The normalized spacial score (nSPS) is 24.6. The Morgan fingerprint density at radius 2 is 1.88 bits per heavy atom. The number of nitrogens with zero attached hydrogens (tertiary/aromatic N) is 1. The number of nitrogens with one attached hydrogen (secondary N) is 2. The third-order valence-corrected chi connectivity index (χ3v) is 6.64. The lowest BCUT2D eigenvalue weighted by molar-refractivity contribution is -0.162. The number of esters is 1. The molecule has 2 rings (SSSR count). The van der Waals surface area contributed by atoms with Crippen LogP contribution in [0.15, 0.2) is 0 Å². The topological polar surface area (TPSA) is 151 Å². The van der Waals surface area contributed by atoms with Crippen LogP contribution in [0.5, 0.6) is 0 Å². The van der Waals surface area contributed by atoms with Crippen LogP contribution in [0.2, 0.25) is 0 Å². The number of amides is 3. The fourth-order valence-electron chi connectivity index (χ4n) is 3.66. The van der Waals surface area contributed by atoms with Gasteiger partial charge in [-0.1, -0.05) is 0 Å². The quantitative estimate of drug-likeness (QED) is 0.344. The van der Waals surface area contributed by atoms with Gasteiger partial charge >= 0.3 is 18.0 Å². The van der Waals surface area contributed by atoms with Gasteiger partial charge in [0.2, 0.25) is 11.8 Å². The maximum absolute atomic E-state index is 12.6. The number of carboxylic acids is 1. The van der Waals surface area contributed by atoms with Crippen molar-refractivity contribution in [2.24, 2.45) is 0 Å². The van der Waals surface area contributed by atoms with Gasteiger partial charge in [0.25, 0.3) is 0 Å². The molecule has 180 valence electrons. The first kappa shape index (κ1) is 25.8. The molecule has 0 aliphatic carbocycles. The molecule has 0 aromatic rings. The van der Waals surface area contributed by atoms with Gasteiger partial charge in [0.1, 0.15) is 29.1 Å². The number of alkyl carbamates (subject to hydrolysis) is 1. The van der Waals surface area contributed by atoms with Gasteiger partial charge in [0.15, 0.2) is 0 Å². The van der Waals surface area contributed by atoms with E-state index in [2.05, 4.69) is 10.6 Å². The number of carboxylic acid groups (broad SMARTS) is 1. The van der Waals surface area contributed by atoms with Gasteiger partial charge in [-0.15, -0.1) is 11.8 Å². The van der Waals surface area contributed by atoms with Crippen molar-refractivity contribution in [3.63, 3.8) is 0 Å². The van der Waals surface area contributed by atoms with Crippen molar-refractivity contribution in [1.29, 1.82) is 0 Å². The lowest BCUT2D eigenvalue weighted by Gasteiger charge is -2.43. The highest BCUT2D eigenvalue weighted by Gasteiger charge is 2.64. The molecule has 0 radical (unpaired) electrons. The van der Waals surface area contributed by atoms with Gasteiger partial charge in [-0.3, -0.25) is 9.59 Å². The largest absolute Gasteiger partial charge is 0.480 e. The minimum atomic E-state index is -1.24. The molecule has 0 bridgehead atoms. The molecule has 0 spiro atoms. The number of fused-ring (bicyclic) bond motifs is 1. The number of β-lactam (4-membered cyclic amide) rings is 1. The van der Waals surface area contributed by atoms with E-state index in [9.17, 15) is 29.1 Å². The van der Waals surface area contributed by atoms with E-state index in [1.54, 1.807) is 20.8 Å². The van der Waals surface area contributed by atoms with Crippen molar-refractivity contribution in [1.82, 2.24) is 15.5 Å². The Morgan fingerprint density at radius 3 is 2.41 bits per heavy atom. The lowest BCUT2D eigenvalue weighted by atomic mass is 9.96. The Bertz CT molecular complexity index is 794. The standard InChI is InChI=1S/C20H31N3O8S/c1-19(2,3)31-18(29)21-10(16(26)27)8-7-9-11(24)22-12-14(25)23-13(17(28)30-6)20(4,5)32-15(12)23/h10,12-13,15H,7-9H2,1-6H3,(H,21,29)(H,22,24)(H,26,27)/t10?,12-,13?,15-/m1/s1. The smallest absolute Gasteiger partial charge is 0.408 e. The summed E-state index contributed by atoms with van der Waals surface area (Å²) in [5.74, 6) is -2.50. The molecule has 12 heteroatoms. The van der Waals surface area contributed by atoms with Crippen LogP contribution < -0.4 is 10.6 Å². The van der Waals surface area contributed by atoms with Crippen molar-refractivity contribution in [2.45, 2.75) is 87.7 Å². The maximum Gasteiger partial charge on any atom is 0.408 e. The van der Waals surface area contributed by atoms with Crippen molar-refractivity contribution < 1.29 is 38.6 Å². The fourth-order valence-corrected chi connectivity index (χ4v) is 5.28. The second-order valence-corrected chi connectivity index (χ2v) is 11.0. The van der Waals surface area contributed by atoms with Gasteiger partial charge in [-0.25, -0.2) is 14.4 Å². The molecular formula is C20H31N3O8S. The van der Waals surface area contributed by atoms with Crippen LogP contribution >= 0.6 is 11.8 Å². The van der Waals surface area contributed by atoms with E-state index < -0.39 is 52.4 Å². The van der Waals surface area contributed by atoms with Crippen molar-refractivity contribution in [2.75, 3.05) is 7.11 Å². The van der Waals surface area contributed by atoms with E-state index in [1.165, 1.54) is 23.8 Å². The SMILES string of the molecule is COC(=O)C1N2C(=O)[C@@H](NC(=O)CCCC(NC(=O)OC(C)(C)C)C(=O)O)[C@H]2SC1(C)C. The summed E-state index contributed by atoms with van der Waals surface area (Å²) in [6, 6.07) is -2.68. The van der Waals surface area contributed by atoms with Crippen molar-refractivity contribution >= 4 is 41.6 Å². The van der Waals surface area contributed by atoms with Crippen LogP contribution in [0, 0.1) is 0 Å². The number of carbonyl (C=O) groups excluding carboxylic acids is 4. The van der Waals surface area contributed by atoms with E-state index in [4.69, 9.17) is 9.47 Å². The Hall–Kier alpha value is -2.50. The fraction of sp³-hybridized carbons (Fsp3) is 0.750. The van der Waals surface area contributed by atoms with Crippen molar-refractivity contribution in [3.8, 4) is 0 Å². The highest BCUT2D eigenvalue weighted by atomic mass is 32.2. The summed E-state index contributed by atoms with van der Waals surface area (Å²) in [5, 5.41) is 13.9. The van der Waals surface area contributed by atoms with E-state index in [0.29, 0.717) is 0 Å². The number of methoxy groups -OCH3 is 1. The Balaban J connectivity index is 1.84. The third-order valence-electron chi connectivity index (χ3n) is 5.07. The van der Waals surface area contributed by atoms with Crippen LogP contribution in [0.3, 0.4) is 0 Å². The predicted molar refractivity (Wildman–Crippen MR) is 115 cm³/mol. The highest BCUT2D eigenvalue weighted by molar-refractivity contribution is 8.01. The summed E-state index contributed by atoms with van der Waals surface area (Å²) in [5.41, 5.74) is -0.768. The molecule has 2 saturated heterocycles. The molecule has 3 amide bonds. The summed E-state index contributed by atoms with van der Waals surface area (Å²) in [7, 11) is 1.27. The molecule has 0 aromatic heterocycles. The Labute approximate surface area is 190 Å². The number of ether oxygens (including phenoxy) is 2. The van der Waals surface area contributed by atoms with E-state index >= 15 is 0 Å². The maximum atomic E-state index is 12.6. The van der Waals surface area contributed by atoms with E-state index in [1.807, 2.05) is 13.8 Å². The molecule has 0 aromatic carbocycles. The third kappa shape index (κ3) is 5.84. The Kier molecular flexibility index (Phi) is 7.69. The average molecular weight is 474 g/mol. The van der Waals surface area contributed by atoms with Gasteiger partial charge < -0.3 is 30.1 Å². The van der Waals surface area contributed by atoms with Crippen LogP contribution in [-0.4, -0.2) is 80.8 Å². The summed E-state index contributed by atoms with van der Waals surface area (Å²) < 4.78 is 9.31. The van der Waals surface area contributed by atoms with Crippen LogP contribution in [0.25, 0.3) is 0 Å². The predicted octanol–water partition coefficient (Wildman–Crippen LogP) is 0.855. The first-order valence-electron chi connectivity index (χ1n) is 10.3. The second-order valence-electron chi connectivity index (χ2n) is 9.26. The summed E-state index contributed by atoms with van der Waals surface area (Å²) in [6.07, 6.45) is -0.680. The van der Waals surface area contributed by atoms with Crippen LogP contribution in [0.1, 0.15) is 53.9 Å². The molecule has 4 atom stereocenters. The van der Waals surface area contributed by atoms with Gasteiger partial charge in [-0.2, -0.15) is 0 Å².